The quantitative estimate of drug-likeness (QED) is 0.750. The molecular formula is C17H27NO3Si. The van der Waals surface area contributed by atoms with Crippen LogP contribution in [-0.2, 0) is 13.6 Å². The van der Waals surface area contributed by atoms with Crippen LogP contribution in [0.1, 0.15) is 13.3 Å². The summed E-state index contributed by atoms with van der Waals surface area (Å²) < 4.78 is 18.1. The van der Waals surface area contributed by atoms with Crippen molar-refractivity contribution in [3.63, 3.8) is 0 Å². The van der Waals surface area contributed by atoms with E-state index in [-0.39, 0.29) is 6.10 Å². The molecule has 2 unspecified atom stereocenters. The van der Waals surface area contributed by atoms with Crippen molar-refractivity contribution in [1.82, 2.24) is 0 Å². The number of rotatable bonds is 6. The van der Waals surface area contributed by atoms with Crippen molar-refractivity contribution in [3.8, 4) is 0 Å². The van der Waals surface area contributed by atoms with Crippen LogP contribution in [0.15, 0.2) is 43.1 Å². The second-order valence-corrected chi connectivity index (χ2v) is 8.95. The van der Waals surface area contributed by atoms with Crippen molar-refractivity contribution in [2.24, 2.45) is 0 Å². The average Bonchev–Trinajstić information content (AvgIpc) is 2.51. The van der Waals surface area contributed by atoms with E-state index in [4.69, 9.17) is 13.6 Å². The topological polar surface area (TPSA) is 30.9 Å². The zero-order chi connectivity index (χ0) is 15.8. The minimum atomic E-state index is -2.10. The lowest BCUT2D eigenvalue weighted by molar-refractivity contribution is 0.0184. The molecule has 4 nitrogen and oxygen atoms in total. The van der Waals surface area contributed by atoms with Crippen LogP contribution >= 0.6 is 0 Å². The van der Waals surface area contributed by atoms with Crippen LogP contribution in [-0.4, -0.2) is 41.0 Å². The van der Waals surface area contributed by atoms with E-state index >= 15 is 0 Å². The highest BCUT2D eigenvalue weighted by Crippen LogP contribution is 2.22. The smallest absolute Gasteiger partial charge is 0.335 e. The van der Waals surface area contributed by atoms with Crippen molar-refractivity contribution in [2.45, 2.75) is 32.0 Å². The molecule has 22 heavy (non-hydrogen) atoms. The van der Waals surface area contributed by atoms with Gasteiger partial charge >= 0.3 is 8.56 Å². The molecule has 2 rings (SSSR count). The highest BCUT2D eigenvalue weighted by Gasteiger charge is 2.35. The maximum atomic E-state index is 6.38. The molecular weight excluding hydrogens is 294 g/mol. The third-order valence-electron chi connectivity index (χ3n) is 3.80. The first kappa shape index (κ1) is 17.2. The number of ether oxygens (including phenoxy) is 1. The van der Waals surface area contributed by atoms with Gasteiger partial charge in [0, 0.05) is 25.4 Å². The molecule has 0 aliphatic carbocycles. The van der Waals surface area contributed by atoms with Gasteiger partial charge in [0.2, 0.25) is 0 Å². The van der Waals surface area contributed by atoms with E-state index < -0.39 is 8.56 Å². The van der Waals surface area contributed by atoms with E-state index in [1.54, 1.807) is 0 Å². The van der Waals surface area contributed by atoms with Gasteiger partial charge in [-0.25, -0.2) is 0 Å². The first-order chi connectivity index (χ1) is 10.7. The van der Waals surface area contributed by atoms with E-state index in [1.807, 2.05) is 31.3 Å². The second kappa shape index (κ2) is 8.48. The Morgan fingerprint density at radius 2 is 2.18 bits per heavy atom. The van der Waals surface area contributed by atoms with Crippen molar-refractivity contribution in [3.05, 3.63) is 43.1 Å². The maximum Gasteiger partial charge on any atom is 0.335 e. The maximum absolute atomic E-state index is 6.38. The van der Waals surface area contributed by atoms with E-state index in [0.29, 0.717) is 13.2 Å². The van der Waals surface area contributed by atoms with Crippen LogP contribution in [0.2, 0.25) is 12.6 Å². The summed E-state index contributed by atoms with van der Waals surface area (Å²) in [4.78, 5) is 2.11. The van der Waals surface area contributed by atoms with Crippen molar-refractivity contribution >= 4 is 14.2 Å². The molecule has 1 fully saturated rings. The van der Waals surface area contributed by atoms with Crippen molar-refractivity contribution in [1.29, 1.82) is 0 Å². The van der Waals surface area contributed by atoms with Crippen molar-refractivity contribution < 1.29 is 13.6 Å². The molecule has 0 bridgehead atoms. The highest BCUT2D eigenvalue weighted by molar-refractivity contribution is 6.66. The number of hydrogen-bond donors (Lipinski definition) is 0. The summed E-state index contributed by atoms with van der Waals surface area (Å²) in [6.07, 6.45) is 2.86. The molecule has 1 aliphatic rings. The molecule has 0 N–H and O–H groups in total. The molecule has 122 valence electrons. The largest absolute Gasteiger partial charge is 0.395 e. The third kappa shape index (κ3) is 4.95. The normalized spacial score (nSPS) is 26.0. The molecule has 1 aromatic rings. The van der Waals surface area contributed by atoms with E-state index in [9.17, 15) is 0 Å². The van der Waals surface area contributed by atoms with Gasteiger partial charge in [-0.05, 0) is 44.3 Å². The molecule has 5 heteroatoms. The van der Waals surface area contributed by atoms with Gasteiger partial charge in [0.05, 0.1) is 12.7 Å². The number of hydrogen-bond acceptors (Lipinski definition) is 4. The van der Waals surface area contributed by atoms with E-state index in [0.717, 1.165) is 31.3 Å². The lowest BCUT2D eigenvalue weighted by Gasteiger charge is -2.35. The third-order valence-corrected chi connectivity index (χ3v) is 6.79. The Morgan fingerprint density at radius 1 is 1.41 bits per heavy atom. The first-order valence-corrected chi connectivity index (χ1v) is 10.5. The lowest BCUT2D eigenvalue weighted by Crippen LogP contribution is -2.48. The lowest BCUT2D eigenvalue weighted by atomic mass is 10.2. The fourth-order valence-corrected chi connectivity index (χ4v) is 5.36. The summed E-state index contributed by atoms with van der Waals surface area (Å²) in [5.41, 5.74) is 1.11. The van der Waals surface area contributed by atoms with Crippen molar-refractivity contribution in [2.75, 3.05) is 31.3 Å². The molecule has 0 aromatic heterocycles. The minimum Gasteiger partial charge on any atom is -0.395 e. The van der Waals surface area contributed by atoms with Gasteiger partial charge in [-0.15, -0.1) is 0 Å². The second-order valence-electron chi connectivity index (χ2n) is 5.66. The van der Waals surface area contributed by atoms with Gasteiger partial charge in [-0.2, -0.15) is 0 Å². The summed E-state index contributed by atoms with van der Waals surface area (Å²) in [5.74, 6) is 0. The monoisotopic (exact) mass is 321 g/mol. The van der Waals surface area contributed by atoms with E-state index in [2.05, 4.69) is 30.2 Å². The Hall–Kier alpha value is -1.14. The Morgan fingerprint density at radius 3 is 2.86 bits per heavy atom. The molecule has 1 aromatic carbocycles. The van der Waals surface area contributed by atoms with E-state index in [1.165, 1.54) is 0 Å². The Labute approximate surface area is 134 Å². The number of anilines is 1. The standard InChI is InChI=1S/C17H27NO3Si/c1-4-18(16-10-7-6-8-11-16)14-17-15-19-12-9-13-22(3,21-17)20-5-2/h4,6-8,10-11,17H,1,5,9,12-15H2,2-3H3. The fraction of sp³-hybridized carbons (Fsp3) is 0.529. The first-order valence-electron chi connectivity index (χ1n) is 8.00. The molecule has 0 radical (unpaired) electrons. The Balaban J connectivity index is 2.05. The fourth-order valence-electron chi connectivity index (χ4n) is 2.78. The molecule has 1 saturated heterocycles. The van der Waals surface area contributed by atoms with Gasteiger partial charge in [0.15, 0.2) is 0 Å². The van der Waals surface area contributed by atoms with Crippen LogP contribution in [0, 0.1) is 0 Å². The predicted molar refractivity (Wildman–Crippen MR) is 92.3 cm³/mol. The summed E-state index contributed by atoms with van der Waals surface area (Å²) in [5, 5.41) is 0. The molecule has 2 atom stereocenters. The molecule has 1 aliphatic heterocycles. The van der Waals surface area contributed by atoms with Gasteiger partial charge in [0.25, 0.3) is 0 Å². The van der Waals surface area contributed by atoms with Gasteiger partial charge in [-0.3, -0.25) is 0 Å². The van der Waals surface area contributed by atoms with Gasteiger partial charge < -0.3 is 18.5 Å². The average molecular weight is 321 g/mol. The summed E-state index contributed by atoms with van der Waals surface area (Å²) >= 11 is 0. The van der Waals surface area contributed by atoms with Crippen LogP contribution < -0.4 is 4.90 Å². The molecule has 0 saturated carbocycles. The van der Waals surface area contributed by atoms with Crippen LogP contribution in [0.3, 0.4) is 0 Å². The minimum absolute atomic E-state index is 0.00160. The SMILES string of the molecule is C=CN(CC1COCCC[Si](C)(OCC)O1)c1ccccc1. The predicted octanol–water partition coefficient (Wildman–Crippen LogP) is 3.55. The number of nitrogens with zero attached hydrogens (tertiary/aromatic N) is 1. The molecule has 1 heterocycles. The zero-order valence-electron chi connectivity index (χ0n) is 13.7. The molecule has 0 amide bonds. The van der Waals surface area contributed by atoms with Gasteiger partial charge in [-0.1, -0.05) is 24.8 Å². The highest BCUT2D eigenvalue weighted by atomic mass is 28.4. The molecule has 0 spiro atoms. The number of para-hydroxylation sites is 1. The summed E-state index contributed by atoms with van der Waals surface area (Å²) in [7, 11) is -2.10. The van der Waals surface area contributed by atoms with Crippen LogP contribution in [0.5, 0.6) is 0 Å². The van der Waals surface area contributed by atoms with Crippen LogP contribution in [0.4, 0.5) is 5.69 Å². The summed E-state index contributed by atoms with van der Waals surface area (Å²) in [6, 6.07) is 11.2. The van der Waals surface area contributed by atoms with Gasteiger partial charge in [0.1, 0.15) is 0 Å². The van der Waals surface area contributed by atoms with Crippen LogP contribution in [0.25, 0.3) is 0 Å². The Bertz CT molecular complexity index is 456. The summed E-state index contributed by atoms with van der Waals surface area (Å²) in [6.45, 7) is 10.9. The number of benzene rings is 1. The Kier molecular flexibility index (Phi) is 6.63. The zero-order valence-corrected chi connectivity index (χ0v) is 14.7.